The minimum absolute atomic E-state index is 0.193. The molecule has 27 heavy (non-hydrogen) atoms. The molecule has 2 heterocycles. The summed E-state index contributed by atoms with van der Waals surface area (Å²) < 4.78 is 77.2. The number of alkyl halides is 6. The van der Waals surface area contributed by atoms with Crippen molar-refractivity contribution < 1.29 is 26.3 Å². The molecule has 0 bridgehead atoms. The Bertz CT molecular complexity index is 783. The second-order valence-corrected chi connectivity index (χ2v) is 6.96. The van der Waals surface area contributed by atoms with Crippen LogP contribution in [0.5, 0.6) is 0 Å². The monoisotopic (exact) mass is 407 g/mol. The number of hydrogen-bond acceptors (Lipinski definition) is 4. The lowest BCUT2D eigenvalue weighted by Crippen LogP contribution is -2.43. The van der Waals surface area contributed by atoms with E-state index in [0.29, 0.717) is 43.0 Å². The van der Waals surface area contributed by atoms with Crippen molar-refractivity contribution in [3.63, 3.8) is 0 Å². The molecule has 1 aromatic heterocycles. The summed E-state index contributed by atoms with van der Waals surface area (Å²) in [5.41, 5.74) is -1.11. The molecule has 10 heteroatoms. The third-order valence-corrected chi connectivity index (χ3v) is 5.02. The van der Waals surface area contributed by atoms with Gasteiger partial charge >= 0.3 is 12.4 Å². The van der Waals surface area contributed by atoms with Crippen LogP contribution in [0.4, 0.5) is 32.0 Å². The van der Waals surface area contributed by atoms with Crippen molar-refractivity contribution in [2.45, 2.75) is 22.3 Å². The van der Waals surface area contributed by atoms with E-state index in [1.54, 1.807) is 0 Å². The van der Waals surface area contributed by atoms with Gasteiger partial charge in [0.1, 0.15) is 5.03 Å². The molecule has 1 aliphatic heterocycles. The molecule has 0 unspecified atom stereocenters. The van der Waals surface area contributed by atoms with Gasteiger partial charge in [-0.25, -0.2) is 4.98 Å². The summed E-state index contributed by atoms with van der Waals surface area (Å²) in [4.78, 5) is 6.00. The van der Waals surface area contributed by atoms with Gasteiger partial charge in [0.2, 0.25) is 0 Å². The van der Waals surface area contributed by atoms with Crippen LogP contribution in [0.25, 0.3) is 0 Å². The average molecular weight is 407 g/mol. The topological polar surface area (TPSA) is 28.2 Å². The quantitative estimate of drug-likeness (QED) is 0.748. The maximum absolute atomic E-state index is 13.1. The molecule has 1 fully saturated rings. The molecule has 3 nitrogen and oxygen atoms in total. The Morgan fingerprint density at radius 2 is 1.52 bits per heavy atom. The Morgan fingerprint density at radius 1 is 0.889 bits per heavy atom. The van der Waals surface area contributed by atoms with Crippen molar-refractivity contribution in [3.8, 4) is 0 Å². The van der Waals surface area contributed by atoms with E-state index < -0.39 is 23.5 Å². The number of aromatic nitrogens is 1. The van der Waals surface area contributed by atoms with E-state index in [0.717, 1.165) is 36.0 Å². The van der Waals surface area contributed by atoms with Crippen LogP contribution < -0.4 is 10.2 Å². The van der Waals surface area contributed by atoms with Gasteiger partial charge in [-0.15, -0.1) is 0 Å². The van der Waals surface area contributed by atoms with E-state index in [9.17, 15) is 26.3 Å². The van der Waals surface area contributed by atoms with Crippen molar-refractivity contribution in [3.05, 3.63) is 47.7 Å². The largest absolute Gasteiger partial charge is 0.417 e. The van der Waals surface area contributed by atoms with Gasteiger partial charge in [0, 0.05) is 37.3 Å². The smallest absolute Gasteiger partial charge is 0.368 e. The Kier molecular flexibility index (Phi) is 5.57. The van der Waals surface area contributed by atoms with Gasteiger partial charge in [0.15, 0.2) is 0 Å². The predicted molar refractivity (Wildman–Crippen MR) is 89.9 cm³/mol. The Morgan fingerprint density at radius 3 is 2.07 bits per heavy atom. The average Bonchev–Trinajstić information content (AvgIpc) is 2.61. The van der Waals surface area contributed by atoms with Crippen LogP contribution in [0.15, 0.2) is 46.5 Å². The first-order valence-electron chi connectivity index (χ1n) is 8.02. The molecule has 1 aromatic carbocycles. The van der Waals surface area contributed by atoms with E-state index in [2.05, 4.69) is 10.3 Å². The van der Waals surface area contributed by atoms with Crippen LogP contribution >= 0.6 is 11.8 Å². The summed E-state index contributed by atoms with van der Waals surface area (Å²) in [6.07, 6.45) is -8.34. The summed E-state index contributed by atoms with van der Waals surface area (Å²) in [7, 11) is 0. The van der Waals surface area contributed by atoms with E-state index in [1.165, 1.54) is 6.07 Å². The summed E-state index contributed by atoms with van der Waals surface area (Å²) in [5.74, 6) is 0. The molecule has 0 spiro atoms. The van der Waals surface area contributed by atoms with Gasteiger partial charge in [-0.3, -0.25) is 0 Å². The van der Waals surface area contributed by atoms with E-state index >= 15 is 0 Å². The van der Waals surface area contributed by atoms with Crippen LogP contribution in [-0.4, -0.2) is 31.2 Å². The molecule has 1 N–H and O–H groups in total. The minimum atomic E-state index is -4.52. The highest BCUT2D eigenvalue weighted by Gasteiger charge is 2.32. The zero-order chi connectivity index (χ0) is 19.7. The summed E-state index contributed by atoms with van der Waals surface area (Å²) in [5, 5.41) is 3.36. The standard InChI is InChI=1S/C17H15F6N3S/c18-16(19,20)11-1-3-13(26-7-5-24-6-8-26)14(9-11)27-15-4-2-12(10-25-15)17(21,22)23/h1-4,9-10,24H,5-8H2. The molecule has 1 saturated heterocycles. The highest BCUT2D eigenvalue weighted by Crippen LogP contribution is 2.40. The predicted octanol–water partition coefficient (Wildman–Crippen LogP) is 4.68. The molecule has 0 aliphatic carbocycles. The highest BCUT2D eigenvalue weighted by molar-refractivity contribution is 7.99. The molecule has 3 rings (SSSR count). The normalized spacial score (nSPS) is 15.9. The number of hydrogen-bond donors (Lipinski definition) is 1. The third-order valence-electron chi connectivity index (χ3n) is 4.02. The Balaban J connectivity index is 1.93. The molecule has 0 amide bonds. The molecule has 1 aliphatic rings. The van der Waals surface area contributed by atoms with Crippen molar-refractivity contribution in [2.24, 2.45) is 0 Å². The number of piperazine rings is 1. The molecule has 0 radical (unpaired) electrons. The second kappa shape index (κ2) is 7.59. The zero-order valence-electron chi connectivity index (χ0n) is 13.9. The number of halogens is 6. The van der Waals surface area contributed by atoms with Crippen molar-refractivity contribution in [1.29, 1.82) is 0 Å². The number of rotatable bonds is 3. The molecular weight excluding hydrogens is 392 g/mol. The number of nitrogens with one attached hydrogen (secondary N) is 1. The van der Waals surface area contributed by atoms with Gasteiger partial charge in [-0.05, 0) is 30.3 Å². The molecule has 0 saturated carbocycles. The number of nitrogens with zero attached hydrogens (tertiary/aromatic N) is 2. The van der Waals surface area contributed by atoms with Crippen LogP contribution in [0, 0.1) is 0 Å². The Labute approximate surface area is 155 Å². The van der Waals surface area contributed by atoms with Gasteiger partial charge in [0.05, 0.1) is 16.8 Å². The van der Waals surface area contributed by atoms with Crippen LogP contribution in [0.3, 0.4) is 0 Å². The van der Waals surface area contributed by atoms with Gasteiger partial charge in [-0.2, -0.15) is 26.3 Å². The summed E-state index contributed by atoms with van der Waals surface area (Å²) >= 11 is 0.917. The second-order valence-electron chi connectivity index (χ2n) is 5.90. The first-order chi connectivity index (χ1) is 12.6. The molecule has 0 atom stereocenters. The van der Waals surface area contributed by atoms with Crippen molar-refractivity contribution >= 4 is 17.4 Å². The molecular formula is C17H15F6N3S. The lowest BCUT2D eigenvalue weighted by Gasteiger charge is -2.31. The number of pyridine rings is 1. The SMILES string of the molecule is FC(F)(F)c1ccc(Sc2cc(C(F)(F)F)ccc2N2CCNCC2)nc1. The summed E-state index contributed by atoms with van der Waals surface area (Å²) in [6.45, 7) is 2.64. The summed E-state index contributed by atoms with van der Waals surface area (Å²) in [6, 6.07) is 5.46. The van der Waals surface area contributed by atoms with Gasteiger partial charge < -0.3 is 10.2 Å². The van der Waals surface area contributed by atoms with E-state index in [1.807, 2.05) is 4.90 Å². The fraction of sp³-hybridized carbons (Fsp3) is 0.353. The van der Waals surface area contributed by atoms with Crippen molar-refractivity contribution in [2.75, 3.05) is 31.1 Å². The lowest BCUT2D eigenvalue weighted by molar-refractivity contribution is -0.138. The van der Waals surface area contributed by atoms with E-state index in [-0.39, 0.29) is 5.03 Å². The minimum Gasteiger partial charge on any atom is -0.368 e. The van der Waals surface area contributed by atoms with Crippen molar-refractivity contribution in [1.82, 2.24) is 10.3 Å². The molecule has 146 valence electrons. The van der Waals surface area contributed by atoms with E-state index in [4.69, 9.17) is 0 Å². The fourth-order valence-corrected chi connectivity index (χ4v) is 3.61. The van der Waals surface area contributed by atoms with Gasteiger partial charge in [-0.1, -0.05) is 11.8 Å². The van der Waals surface area contributed by atoms with Crippen LogP contribution in [-0.2, 0) is 12.4 Å². The van der Waals surface area contributed by atoms with Crippen LogP contribution in [0.2, 0.25) is 0 Å². The van der Waals surface area contributed by atoms with Crippen LogP contribution in [0.1, 0.15) is 11.1 Å². The number of anilines is 1. The lowest BCUT2D eigenvalue weighted by atomic mass is 10.1. The number of benzene rings is 1. The maximum Gasteiger partial charge on any atom is 0.417 e. The first kappa shape index (κ1) is 19.8. The maximum atomic E-state index is 13.1. The fourth-order valence-electron chi connectivity index (χ4n) is 2.66. The third kappa shape index (κ3) is 4.86. The highest BCUT2D eigenvalue weighted by atomic mass is 32.2. The zero-order valence-corrected chi connectivity index (χ0v) is 14.7. The molecule has 2 aromatic rings. The first-order valence-corrected chi connectivity index (χ1v) is 8.84. The Hall–Kier alpha value is -1.94. The van der Waals surface area contributed by atoms with Gasteiger partial charge in [0.25, 0.3) is 0 Å².